The number of ether oxygens (including phenoxy) is 1. The summed E-state index contributed by atoms with van der Waals surface area (Å²) >= 11 is 0. The van der Waals surface area contributed by atoms with E-state index in [-0.39, 0.29) is 11.8 Å². The molecule has 0 unspecified atom stereocenters. The summed E-state index contributed by atoms with van der Waals surface area (Å²) in [6, 6.07) is 15.9. The number of carbonyl (C=O) groups excluding carboxylic acids is 2. The molecule has 0 aliphatic rings. The first-order valence-corrected chi connectivity index (χ1v) is 8.79. The van der Waals surface area contributed by atoms with Gasteiger partial charge in [-0.25, -0.2) is 14.8 Å². The van der Waals surface area contributed by atoms with Gasteiger partial charge in [0.2, 0.25) is 0 Å². The van der Waals surface area contributed by atoms with Gasteiger partial charge in [0.05, 0.1) is 12.2 Å². The van der Waals surface area contributed by atoms with E-state index >= 15 is 0 Å². The van der Waals surface area contributed by atoms with Gasteiger partial charge < -0.3 is 15.4 Å². The van der Waals surface area contributed by atoms with Crippen LogP contribution in [0.25, 0.3) is 0 Å². The van der Waals surface area contributed by atoms with Crippen LogP contribution in [0.5, 0.6) is 0 Å². The van der Waals surface area contributed by atoms with E-state index in [2.05, 4.69) is 20.6 Å². The summed E-state index contributed by atoms with van der Waals surface area (Å²) in [6.45, 7) is 3.63. The van der Waals surface area contributed by atoms with Gasteiger partial charge in [-0.05, 0) is 50.2 Å². The van der Waals surface area contributed by atoms with E-state index in [0.29, 0.717) is 29.4 Å². The van der Waals surface area contributed by atoms with Gasteiger partial charge in [0.25, 0.3) is 0 Å². The standard InChI is InChI=1S/C21H20N4O3/c1-3-28-21(27)15-7-9-17(10-8-15)24-19-12-20(23-13-22-19)25-18-6-4-5-16(11-18)14(2)26/h4-13H,3H2,1-2H3,(H2,22,23,24,25). The number of esters is 1. The van der Waals surface area contributed by atoms with Crippen LogP contribution in [0.4, 0.5) is 23.0 Å². The average molecular weight is 376 g/mol. The molecule has 3 rings (SSSR count). The van der Waals surface area contributed by atoms with Crippen LogP contribution < -0.4 is 10.6 Å². The Kier molecular flexibility index (Phi) is 5.96. The Labute approximate surface area is 162 Å². The zero-order valence-electron chi connectivity index (χ0n) is 15.6. The summed E-state index contributed by atoms with van der Waals surface area (Å²) < 4.78 is 4.97. The first kappa shape index (κ1) is 19.0. The largest absolute Gasteiger partial charge is 0.462 e. The van der Waals surface area contributed by atoms with Gasteiger partial charge in [-0.15, -0.1) is 0 Å². The second-order valence-corrected chi connectivity index (χ2v) is 5.97. The normalized spacial score (nSPS) is 10.2. The number of benzene rings is 2. The Morgan fingerprint density at radius 3 is 2.21 bits per heavy atom. The highest BCUT2D eigenvalue weighted by molar-refractivity contribution is 5.95. The van der Waals surface area contributed by atoms with Gasteiger partial charge >= 0.3 is 5.97 Å². The van der Waals surface area contributed by atoms with Crippen LogP contribution >= 0.6 is 0 Å². The first-order valence-electron chi connectivity index (χ1n) is 8.79. The van der Waals surface area contributed by atoms with Crippen molar-refractivity contribution in [2.24, 2.45) is 0 Å². The zero-order valence-corrected chi connectivity index (χ0v) is 15.6. The predicted molar refractivity (Wildman–Crippen MR) is 107 cm³/mol. The van der Waals surface area contributed by atoms with Crippen molar-refractivity contribution in [3.63, 3.8) is 0 Å². The second kappa shape index (κ2) is 8.77. The molecule has 0 saturated heterocycles. The smallest absolute Gasteiger partial charge is 0.338 e. The number of anilines is 4. The summed E-state index contributed by atoms with van der Waals surface area (Å²) in [6.07, 6.45) is 1.44. The molecular formula is C21H20N4O3. The van der Waals surface area contributed by atoms with Crippen molar-refractivity contribution in [2.75, 3.05) is 17.2 Å². The molecule has 0 radical (unpaired) electrons. The van der Waals surface area contributed by atoms with E-state index in [0.717, 1.165) is 11.4 Å². The quantitative estimate of drug-likeness (QED) is 0.468. The van der Waals surface area contributed by atoms with Crippen LogP contribution in [0, 0.1) is 0 Å². The fourth-order valence-electron chi connectivity index (χ4n) is 2.51. The number of carbonyl (C=O) groups is 2. The summed E-state index contributed by atoms with van der Waals surface area (Å²) in [4.78, 5) is 31.6. The molecule has 3 aromatic rings. The van der Waals surface area contributed by atoms with Crippen LogP contribution in [0.3, 0.4) is 0 Å². The van der Waals surface area contributed by atoms with Crippen molar-refractivity contribution < 1.29 is 14.3 Å². The molecule has 1 heterocycles. The molecule has 0 saturated carbocycles. The van der Waals surface area contributed by atoms with Crippen LogP contribution in [0.1, 0.15) is 34.6 Å². The number of aromatic nitrogens is 2. The number of nitrogens with one attached hydrogen (secondary N) is 2. The summed E-state index contributed by atoms with van der Waals surface area (Å²) in [5.74, 6) is 0.820. The van der Waals surface area contributed by atoms with Gasteiger partial charge in [0.1, 0.15) is 18.0 Å². The van der Waals surface area contributed by atoms with Crippen LogP contribution in [0.15, 0.2) is 60.9 Å². The van der Waals surface area contributed by atoms with E-state index in [1.165, 1.54) is 13.3 Å². The second-order valence-electron chi connectivity index (χ2n) is 5.97. The monoisotopic (exact) mass is 376 g/mol. The Hall–Kier alpha value is -3.74. The molecule has 2 N–H and O–H groups in total. The highest BCUT2D eigenvalue weighted by Gasteiger charge is 2.07. The van der Waals surface area contributed by atoms with Crippen molar-refractivity contribution in [3.8, 4) is 0 Å². The molecule has 7 heteroatoms. The highest BCUT2D eigenvalue weighted by Crippen LogP contribution is 2.20. The van der Waals surface area contributed by atoms with Crippen molar-refractivity contribution in [1.82, 2.24) is 9.97 Å². The number of Topliss-reactive ketones (excluding diaryl/α,β-unsaturated/α-hetero) is 1. The third-order valence-corrected chi connectivity index (χ3v) is 3.88. The fourth-order valence-corrected chi connectivity index (χ4v) is 2.51. The van der Waals surface area contributed by atoms with E-state index < -0.39 is 0 Å². The molecule has 0 aliphatic carbocycles. The molecular weight excluding hydrogens is 356 g/mol. The minimum atomic E-state index is -0.352. The lowest BCUT2D eigenvalue weighted by molar-refractivity contribution is 0.0526. The van der Waals surface area contributed by atoms with Crippen molar-refractivity contribution in [2.45, 2.75) is 13.8 Å². The summed E-state index contributed by atoms with van der Waals surface area (Å²) in [5.41, 5.74) is 2.65. The number of hydrogen-bond donors (Lipinski definition) is 2. The number of nitrogens with zero attached hydrogens (tertiary/aromatic N) is 2. The Morgan fingerprint density at radius 1 is 0.893 bits per heavy atom. The van der Waals surface area contributed by atoms with Crippen molar-refractivity contribution in [3.05, 3.63) is 72.1 Å². The summed E-state index contributed by atoms with van der Waals surface area (Å²) in [7, 11) is 0. The summed E-state index contributed by atoms with van der Waals surface area (Å²) in [5, 5.41) is 6.32. The maximum absolute atomic E-state index is 11.7. The molecule has 2 aromatic carbocycles. The minimum absolute atomic E-state index is 0.0000385. The third kappa shape index (κ3) is 4.91. The molecule has 0 amide bonds. The van der Waals surface area contributed by atoms with Gasteiger partial charge in [-0.1, -0.05) is 12.1 Å². The number of hydrogen-bond acceptors (Lipinski definition) is 7. The lowest BCUT2D eigenvalue weighted by atomic mass is 10.1. The Bertz CT molecular complexity index is 987. The average Bonchev–Trinajstić information content (AvgIpc) is 2.69. The number of ketones is 1. The van der Waals surface area contributed by atoms with E-state index in [1.54, 1.807) is 49.4 Å². The van der Waals surface area contributed by atoms with E-state index in [1.807, 2.05) is 12.1 Å². The molecule has 0 spiro atoms. The fraction of sp³-hybridized carbons (Fsp3) is 0.143. The van der Waals surface area contributed by atoms with Crippen LogP contribution in [0.2, 0.25) is 0 Å². The molecule has 0 aliphatic heterocycles. The van der Waals surface area contributed by atoms with E-state index in [9.17, 15) is 9.59 Å². The Balaban J connectivity index is 1.70. The molecule has 0 bridgehead atoms. The minimum Gasteiger partial charge on any atom is -0.462 e. The van der Waals surface area contributed by atoms with Crippen LogP contribution in [-0.4, -0.2) is 28.3 Å². The van der Waals surface area contributed by atoms with Crippen molar-refractivity contribution >= 4 is 34.8 Å². The number of rotatable bonds is 7. The molecule has 7 nitrogen and oxygen atoms in total. The lowest BCUT2D eigenvalue weighted by Gasteiger charge is -2.10. The van der Waals surface area contributed by atoms with Crippen molar-refractivity contribution in [1.29, 1.82) is 0 Å². The first-order chi connectivity index (χ1) is 13.5. The topological polar surface area (TPSA) is 93.2 Å². The zero-order chi connectivity index (χ0) is 19.9. The van der Waals surface area contributed by atoms with Crippen LogP contribution in [-0.2, 0) is 4.74 Å². The SMILES string of the molecule is CCOC(=O)c1ccc(Nc2cc(Nc3cccc(C(C)=O)c3)ncn2)cc1. The maximum Gasteiger partial charge on any atom is 0.338 e. The lowest BCUT2D eigenvalue weighted by Crippen LogP contribution is -2.04. The third-order valence-electron chi connectivity index (χ3n) is 3.88. The van der Waals surface area contributed by atoms with E-state index in [4.69, 9.17) is 4.74 Å². The molecule has 0 fully saturated rings. The highest BCUT2D eigenvalue weighted by atomic mass is 16.5. The molecule has 142 valence electrons. The molecule has 0 atom stereocenters. The Morgan fingerprint density at radius 2 is 1.57 bits per heavy atom. The van der Waals surface area contributed by atoms with Gasteiger partial charge in [-0.2, -0.15) is 0 Å². The van der Waals surface area contributed by atoms with Gasteiger partial charge in [0, 0.05) is 23.0 Å². The predicted octanol–water partition coefficient (Wildman–Crippen LogP) is 4.34. The van der Waals surface area contributed by atoms with Gasteiger partial charge in [0.15, 0.2) is 5.78 Å². The maximum atomic E-state index is 11.7. The molecule has 1 aromatic heterocycles. The molecule has 28 heavy (non-hydrogen) atoms. The van der Waals surface area contributed by atoms with Gasteiger partial charge in [-0.3, -0.25) is 4.79 Å².